The quantitative estimate of drug-likeness (QED) is 0.754. The normalized spacial score (nSPS) is 29.4. The first kappa shape index (κ1) is 12.5. The van der Waals surface area contributed by atoms with Crippen LogP contribution in [0.25, 0.3) is 0 Å². The van der Waals surface area contributed by atoms with Crippen LogP contribution in [0, 0.1) is 0 Å². The molecule has 1 unspecified atom stereocenters. The Hall–Kier alpha value is -1.55. The third-order valence-corrected chi connectivity index (χ3v) is 4.14. The topological polar surface area (TPSA) is 61.4 Å². The SMILES string of the molecule is O=C(N[C@H]1CCCC[C@@H]1O)C1Cc2ccccc2N1. The standard InChI is InChI=1S/C15H20N2O2/c18-14-8-4-3-7-12(14)17-15(19)13-9-10-5-1-2-6-11(10)16-13/h1-2,5-6,12-14,16,18H,3-4,7-9H2,(H,17,19)/t12-,13?,14-/m0/s1. The molecule has 102 valence electrons. The summed E-state index contributed by atoms with van der Waals surface area (Å²) in [7, 11) is 0. The highest BCUT2D eigenvalue weighted by molar-refractivity contribution is 5.87. The maximum Gasteiger partial charge on any atom is 0.243 e. The summed E-state index contributed by atoms with van der Waals surface area (Å²) in [5.74, 6) is 0.00199. The van der Waals surface area contributed by atoms with E-state index in [0.717, 1.165) is 37.8 Å². The number of aliphatic hydroxyl groups is 1. The van der Waals surface area contributed by atoms with Crippen LogP contribution in [0.1, 0.15) is 31.2 Å². The molecule has 3 N–H and O–H groups in total. The number of aliphatic hydroxyl groups excluding tert-OH is 1. The molecule has 1 aliphatic heterocycles. The second kappa shape index (κ2) is 5.21. The van der Waals surface area contributed by atoms with Crippen LogP contribution in [0.2, 0.25) is 0 Å². The van der Waals surface area contributed by atoms with Crippen LogP contribution in [0.4, 0.5) is 5.69 Å². The average Bonchev–Trinajstić information content (AvgIpc) is 2.85. The number of rotatable bonds is 2. The van der Waals surface area contributed by atoms with Crippen molar-refractivity contribution in [3.63, 3.8) is 0 Å². The summed E-state index contributed by atoms with van der Waals surface area (Å²) >= 11 is 0. The van der Waals surface area contributed by atoms with E-state index in [-0.39, 0.29) is 24.1 Å². The third kappa shape index (κ3) is 2.59. The van der Waals surface area contributed by atoms with Gasteiger partial charge < -0.3 is 15.7 Å². The molecule has 0 aromatic heterocycles. The van der Waals surface area contributed by atoms with Gasteiger partial charge in [0.15, 0.2) is 0 Å². The van der Waals surface area contributed by atoms with Crippen LogP contribution in [-0.4, -0.2) is 29.2 Å². The van der Waals surface area contributed by atoms with Crippen molar-refractivity contribution in [2.75, 3.05) is 5.32 Å². The fourth-order valence-corrected chi connectivity index (χ4v) is 3.02. The smallest absolute Gasteiger partial charge is 0.243 e. The van der Waals surface area contributed by atoms with Gasteiger partial charge in [0.05, 0.1) is 12.1 Å². The van der Waals surface area contributed by atoms with Gasteiger partial charge in [-0.3, -0.25) is 4.79 Å². The van der Waals surface area contributed by atoms with Crippen molar-refractivity contribution in [1.29, 1.82) is 0 Å². The Morgan fingerprint density at radius 3 is 2.84 bits per heavy atom. The summed E-state index contributed by atoms with van der Waals surface area (Å²) in [6.07, 6.45) is 4.16. The van der Waals surface area contributed by atoms with Crippen molar-refractivity contribution in [2.45, 2.75) is 50.3 Å². The van der Waals surface area contributed by atoms with E-state index in [9.17, 15) is 9.90 Å². The van der Waals surface area contributed by atoms with Crippen LogP contribution in [0.5, 0.6) is 0 Å². The zero-order chi connectivity index (χ0) is 13.2. The Morgan fingerprint density at radius 2 is 2.05 bits per heavy atom. The molecule has 4 heteroatoms. The fraction of sp³-hybridized carbons (Fsp3) is 0.533. The van der Waals surface area contributed by atoms with Crippen molar-refractivity contribution in [3.8, 4) is 0 Å². The van der Waals surface area contributed by atoms with Crippen LogP contribution in [0.3, 0.4) is 0 Å². The summed E-state index contributed by atoms with van der Waals surface area (Å²) in [4.78, 5) is 12.2. The van der Waals surface area contributed by atoms with Gasteiger partial charge in [0.25, 0.3) is 0 Å². The number of anilines is 1. The van der Waals surface area contributed by atoms with Crippen LogP contribution in [0.15, 0.2) is 24.3 Å². The van der Waals surface area contributed by atoms with Gasteiger partial charge in [-0.05, 0) is 24.5 Å². The molecule has 0 bridgehead atoms. The zero-order valence-corrected chi connectivity index (χ0v) is 10.9. The number of hydrogen-bond acceptors (Lipinski definition) is 3. The zero-order valence-electron chi connectivity index (χ0n) is 10.9. The second-order valence-corrected chi connectivity index (χ2v) is 5.53. The molecule has 19 heavy (non-hydrogen) atoms. The number of fused-ring (bicyclic) bond motifs is 1. The maximum atomic E-state index is 12.2. The number of hydrogen-bond donors (Lipinski definition) is 3. The molecule has 4 nitrogen and oxygen atoms in total. The highest BCUT2D eigenvalue weighted by atomic mass is 16.3. The monoisotopic (exact) mass is 260 g/mol. The Kier molecular flexibility index (Phi) is 3.42. The predicted molar refractivity (Wildman–Crippen MR) is 74.0 cm³/mol. The number of para-hydroxylation sites is 1. The van der Waals surface area contributed by atoms with Crippen molar-refractivity contribution >= 4 is 11.6 Å². The molecular weight excluding hydrogens is 240 g/mol. The number of nitrogens with one attached hydrogen (secondary N) is 2. The average molecular weight is 260 g/mol. The molecule has 1 aromatic carbocycles. The van der Waals surface area contributed by atoms with E-state index >= 15 is 0 Å². The van der Waals surface area contributed by atoms with Gasteiger partial charge in [0, 0.05) is 12.1 Å². The number of benzene rings is 1. The van der Waals surface area contributed by atoms with E-state index in [1.807, 2.05) is 24.3 Å². The molecule has 1 aromatic rings. The van der Waals surface area contributed by atoms with E-state index in [1.165, 1.54) is 5.56 Å². The van der Waals surface area contributed by atoms with Crippen LogP contribution < -0.4 is 10.6 Å². The minimum atomic E-state index is -0.388. The Bertz CT molecular complexity index is 450. The van der Waals surface area contributed by atoms with E-state index in [2.05, 4.69) is 10.6 Å². The van der Waals surface area contributed by atoms with Gasteiger partial charge in [0.2, 0.25) is 5.91 Å². The van der Waals surface area contributed by atoms with Gasteiger partial charge in [-0.2, -0.15) is 0 Å². The van der Waals surface area contributed by atoms with E-state index < -0.39 is 0 Å². The van der Waals surface area contributed by atoms with Crippen molar-refractivity contribution in [1.82, 2.24) is 5.32 Å². The number of carbonyl (C=O) groups excluding carboxylic acids is 1. The highest BCUT2D eigenvalue weighted by Crippen LogP contribution is 2.25. The molecule has 0 saturated heterocycles. The lowest BCUT2D eigenvalue weighted by Crippen LogP contribution is -2.49. The van der Waals surface area contributed by atoms with E-state index in [0.29, 0.717) is 0 Å². The van der Waals surface area contributed by atoms with Gasteiger partial charge in [-0.1, -0.05) is 31.0 Å². The first-order valence-corrected chi connectivity index (χ1v) is 7.07. The summed E-state index contributed by atoms with van der Waals surface area (Å²) in [5.41, 5.74) is 2.23. The van der Waals surface area contributed by atoms with Gasteiger partial charge >= 0.3 is 0 Å². The lowest BCUT2D eigenvalue weighted by atomic mass is 9.92. The maximum absolute atomic E-state index is 12.2. The van der Waals surface area contributed by atoms with Gasteiger partial charge in [-0.15, -0.1) is 0 Å². The third-order valence-electron chi connectivity index (χ3n) is 4.14. The van der Waals surface area contributed by atoms with Crippen molar-refractivity contribution < 1.29 is 9.90 Å². The molecule has 1 heterocycles. The predicted octanol–water partition coefficient (Wildman–Crippen LogP) is 1.44. The first-order valence-electron chi connectivity index (χ1n) is 7.07. The largest absolute Gasteiger partial charge is 0.391 e. The van der Waals surface area contributed by atoms with E-state index in [4.69, 9.17) is 0 Å². The minimum absolute atomic E-state index is 0.00199. The molecule has 2 aliphatic rings. The Morgan fingerprint density at radius 1 is 1.26 bits per heavy atom. The molecule has 1 fully saturated rings. The molecule has 3 rings (SSSR count). The summed E-state index contributed by atoms with van der Waals surface area (Å²) in [6.45, 7) is 0. The fourth-order valence-electron chi connectivity index (χ4n) is 3.02. The van der Waals surface area contributed by atoms with Crippen LogP contribution in [-0.2, 0) is 11.2 Å². The molecule has 1 amide bonds. The lowest BCUT2D eigenvalue weighted by molar-refractivity contribution is -0.123. The summed E-state index contributed by atoms with van der Waals surface area (Å²) < 4.78 is 0. The minimum Gasteiger partial charge on any atom is -0.391 e. The molecule has 1 saturated carbocycles. The Balaban J connectivity index is 1.60. The molecular formula is C15H20N2O2. The first-order chi connectivity index (χ1) is 9.24. The summed E-state index contributed by atoms with van der Waals surface area (Å²) in [5, 5.41) is 16.1. The molecule has 0 radical (unpaired) electrons. The van der Waals surface area contributed by atoms with Gasteiger partial charge in [0.1, 0.15) is 6.04 Å². The summed E-state index contributed by atoms with van der Waals surface area (Å²) in [6, 6.07) is 7.73. The number of carbonyl (C=O) groups is 1. The Labute approximate surface area is 113 Å². The second-order valence-electron chi connectivity index (χ2n) is 5.53. The van der Waals surface area contributed by atoms with Gasteiger partial charge in [-0.25, -0.2) is 0 Å². The van der Waals surface area contributed by atoms with Crippen molar-refractivity contribution in [2.24, 2.45) is 0 Å². The highest BCUT2D eigenvalue weighted by Gasteiger charge is 2.30. The lowest BCUT2D eigenvalue weighted by Gasteiger charge is -2.29. The van der Waals surface area contributed by atoms with Crippen molar-refractivity contribution in [3.05, 3.63) is 29.8 Å². The van der Waals surface area contributed by atoms with Crippen LogP contribution >= 0.6 is 0 Å². The number of amides is 1. The van der Waals surface area contributed by atoms with E-state index in [1.54, 1.807) is 0 Å². The molecule has 3 atom stereocenters. The molecule has 1 aliphatic carbocycles. The molecule has 0 spiro atoms.